The van der Waals surface area contributed by atoms with Crippen molar-refractivity contribution in [3.63, 3.8) is 0 Å². The van der Waals surface area contributed by atoms with Gasteiger partial charge in [0.2, 0.25) is 10.0 Å². The van der Waals surface area contributed by atoms with Crippen LogP contribution in [0.25, 0.3) is 0 Å². The number of aryl methyl sites for hydroxylation is 1. The first-order valence-electron chi connectivity index (χ1n) is 7.13. The summed E-state index contributed by atoms with van der Waals surface area (Å²) in [4.78, 5) is 2.21. The highest BCUT2D eigenvalue weighted by atomic mass is 32.2. The van der Waals surface area contributed by atoms with E-state index in [4.69, 9.17) is 4.52 Å². The van der Waals surface area contributed by atoms with E-state index in [2.05, 4.69) is 10.1 Å². The van der Waals surface area contributed by atoms with Crippen LogP contribution in [0.1, 0.15) is 31.2 Å². The topological polar surface area (TPSA) is 66.7 Å². The molecule has 0 saturated carbocycles. The Hall–Kier alpha value is -0.920. The van der Waals surface area contributed by atoms with E-state index in [1.165, 1.54) is 0 Å². The lowest BCUT2D eigenvalue weighted by molar-refractivity contribution is 0.177. The van der Waals surface area contributed by atoms with Crippen molar-refractivity contribution >= 4 is 10.0 Å². The molecule has 0 atom stereocenters. The second kappa shape index (κ2) is 6.69. The summed E-state index contributed by atoms with van der Waals surface area (Å²) in [7, 11) is -3.07. The molecule has 1 aromatic rings. The van der Waals surface area contributed by atoms with Crippen LogP contribution in [0.5, 0.6) is 0 Å². The largest absolute Gasteiger partial charge is 0.361 e. The molecule has 6 nitrogen and oxygen atoms in total. The van der Waals surface area contributed by atoms with Crippen molar-refractivity contribution in [2.24, 2.45) is 0 Å². The summed E-state index contributed by atoms with van der Waals surface area (Å²) in [6.07, 6.45) is 1.64. The number of sulfonamides is 1. The van der Waals surface area contributed by atoms with E-state index in [0.717, 1.165) is 43.9 Å². The molecule has 20 heavy (non-hydrogen) atoms. The Balaban J connectivity index is 1.83. The number of hydrogen-bond acceptors (Lipinski definition) is 5. The van der Waals surface area contributed by atoms with Crippen LogP contribution in [0.2, 0.25) is 0 Å². The summed E-state index contributed by atoms with van der Waals surface area (Å²) in [6, 6.07) is 1.92. The smallest absolute Gasteiger partial charge is 0.214 e. The van der Waals surface area contributed by atoms with E-state index in [-0.39, 0.29) is 5.75 Å². The maximum Gasteiger partial charge on any atom is 0.214 e. The average molecular weight is 301 g/mol. The van der Waals surface area contributed by atoms with Gasteiger partial charge in [-0.05, 0) is 13.3 Å². The van der Waals surface area contributed by atoms with Crippen LogP contribution in [-0.2, 0) is 16.6 Å². The van der Waals surface area contributed by atoms with E-state index in [1.807, 2.05) is 19.9 Å². The summed E-state index contributed by atoms with van der Waals surface area (Å²) in [6.45, 7) is 7.24. The minimum Gasteiger partial charge on any atom is -0.361 e. The van der Waals surface area contributed by atoms with Crippen LogP contribution in [0.3, 0.4) is 0 Å². The van der Waals surface area contributed by atoms with Gasteiger partial charge in [-0.3, -0.25) is 4.90 Å². The van der Waals surface area contributed by atoms with Crippen LogP contribution in [0.4, 0.5) is 0 Å². The maximum absolute atomic E-state index is 12.1. The van der Waals surface area contributed by atoms with Crippen LogP contribution in [0.15, 0.2) is 10.6 Å². The number of rotatable bonds is 6. The van der Waals surface area contributed by atoms with Crippen LogP contribution in [0, 0.1) is 6.92 Å². The Bertz CT molecular complexity index is 519. The third-order valence-electron chi connectivity index (χ3n) is 3.54. The van der Waals surface area contributed by atoms with Crippen molar-refractivity contribution in [2.45, 2.75) is 33.2 Å². The van der Waals surface area contributed by atoms with Crippen molar-refractivity contribution in [1.29, 1.82) is 0 Å². The standard InChI is InChI=1S/C13H23N3O3S/c1-3-4-9-20(17,18)16-7-5-15(6-8-16)11-13-10-12(2)19-14-13/h10H,3-9,11H2,1-2H3. The molecular formula is C13H23N3O3S. The fraction of sp³-hybridized carbons (Fsp3) is 0.769. The van der Waals surface area contributed by atoms with Crippen LogP contribution in [-0.4, -0.2) is 54.7 Å². The lowest BCUT2D eigenvalue weighted by Crippen LogP contribution is -2.48. The van der Waals surface area contributed by atoms with Gasteiger partial charge in [0, 0.05) is 38.8 Å². The molecule has 0 unspecified atom stereocenters. The monoisotopic (exact) mass is 301 g/mol. The normalized spacial score (nSPS) is 18.5. The third-order valence-corrected chi connectivity index (χ3v) is 5.50. The van der Waals surface area contributed by atoms with Crippen molar-refractivity contribution in [1.82, 2.24) is 14.4 Å². The van der Waals surface area contributed by atoms with Gasteiger partial charge in [-0.25, -0.2) is 8.42 Å². The molecule has 0 N–H and O–H groups in total. The molecule has 2 heterocycles. The number of hydrogen-bond donors (Lipinski definition) is 0. The number of aromatic nitrogens is 1. The number of nitrogens with zero attached hydrogens (tertiary/aromatic N) is 3. The summed E-state index contributed by atoms with van der Waals surface area (Å²) in [5, 5.41) is 3.97. The number of piperazine rings is 1. The second-order valence-corrected chi connectivity index (χ2v) is 7.36. The van der Waals surface area contributed by atoms with E-state index in [9.17, 15) is 8.42 Å². The Kier molecular flexibility index (Phi) is 5.17. The van der Waals surface area contributed by atoms with Crippen LogP contribution < -0.4 is 0 Å². The molecule has 7 heteroatoms. The zero-order valence-corrected chi connectivity index (χ0v) is 13.0. The molecule has 1 aliphatic heterocycles. The van der Waals surface area contributed by atoms with Gasteiger partial charge in [0.15, 0.2) is 0 Å². The highest BCUT2D eigenvalue weighted by Gasteiger charge is 2.26. The van der Waals surface area contributed by atoms with Gasteiger partial charge in [0.1, 0.15) is 5.76 Å². The summed E-state index contributed by atoms with van der Waals surface area (Å²) in [5.74, 6) is 1.08. The Labute approximate surface area is 120 Å². The molecular weight excluding hydrogens is 278 g/mol. The quantitative estimate of drug-likeness (QED) is 0.790. The maximum atomic E-state index is 12.1. The lowest BCUT2D eigenvalue weighted by atomic mass is 10.3. The minimum atomic E-state index is -3.07. The van der Waals surface area contributed by atoms with Gasteiger partial charge in [0.25, 0.3) is 0 Å². The predicted molar refractivity (Wildman–Crippen MR) is 76.8 cm³/mol. The molecule has 114 valence electrons. The van der Waals surface area contributed by atoms with Crippen LogP contribution >= 0.6 is 0 Å². The summed E-state index contributed by atoms with van der Waals surface area (Å²) in [5.41, 5.74) is 0.907. The second-order valence-electron chi connectivity index (χ2n) is 5.27. The summed E-state index contributed by atoms with van der Waals surface area (Å²) >= 11 is 0. The predicted octanol–water partition coefficient (Wildman–Crippen LogP) is 1.23. The Morgan fingerprint density at radius 3 is 2.55 bits per heavy atom. The average Bonchev–Trinajstić information content (AvgIpc) is 2.82. The molecule has 1 saturated heterocycles. The van der Waals surface area contributed by atoms with Crippen molar-refractivity contribution < 1.29 is 12.9 Å². The minimum absolute atomic E-state index is 0.270. The molecule has 0 amide bonds. The fourth-order valence-corrected chi connectivity index (χ4v) is 3.97. The molecule has 0 aromatic carbocycles. The molecule has 1 aliphatic rings. The fourth-order valence-electron chi connectivity index (χ4n) is 2.34. The zero-order chi connectivity index (χ0) is 14.6. The third kappa shape index (κ3) is 4.04. The summed E-state index contributed by atoms with van der Waals surface area (Å²) < 4.78 is 30.8. The van der Waals surface area contributed by atoms with E-state index < -0.39 is 10.0 Å². The molecule has 0 spiro atoms. The zero-order valence-electron chi connectivity index (χ0n) is 12.2. The van der Waals surface area contributed by atoms with Gasteiger partial charge in [-0.15, -0.1) is 0 Å². The Morgan fingerprint density at radius 2 is 2.00 bits per heavy atom. The molecule has 0 bridgehead atoms. The van der Waals surface area contributed by atoms with Gasteiger partial charge in [-0.2, -0.15) is 4.31 Å². The van der Waals surface area contributed by atoms with Gasteiger partial charge >= 0.3 is 0 Å². The molecule has 0 aliphatic carbocycles. The SMILES string of the molecule is CCCCS(=O)(=O)N1CCN(Cc2cc(C)on2)CC1. The van der Waals surface area contributed by atoms with Crippen molar-refractivity contribution in [3.05, 3.63) is 17.5 Å². The van der Waals surface area contributed by atoms with E-state index >= 15 is 0 Å². The lowest BCUT2D eigenvalue weighted by Gasteiger charge is -2.33. The highest BCUT2D eigenvalue weighted by Crippen LogP contribution is 2.12. The first-order chi connectivity index (χ1) is 9.51. The molecule has 2 rings (SSSR count). The van der Waals surface area contributed by atoms with Crippen molar-refractivity contribution in [3.8, 4) is 0 Å². The Morgan fingerprint density at radius 1 is 1.30 bits per heavy atom. The van der Waals surface area contributed by atoms with E-state index in [0.29, 0.717) is 13.1 Å². The van der Waals surface area contributed by atoms with E-state index in [1.54, 1.807) is 4.31 Å². The molecule has 1 aromatic heterocycles. The van der Waals surface area contributed by atoms with Gasteiger partial charge < -0.3 is 4.52 Å². The molecule has 1 fully saturated rings. The molecule has 0 radical (unpaired) electrons. The first kappa shape index (κ1) is 15.5. The first-order valence-corrected chi connectivity index (χ1v) is 8.74. The van der Waals surface area contributed by atoms with Gasteiger partial charge in [0.05, 0.1) is 11.4 Å². The van der Waals surface area contributed by atoms with Gasteiger partial charge in [-0.1, -0.05) is 18.5 Å². The number of unbranched alkanes of at least 4 members (excludes halogenated alkanes) is 1. The highest BCUT2D eigenvalue weighted by molar-refractivity contribution is 7.89. The van der Waals surface area contributed by atoms with Crippen molar-refractivity contribution in [2.75, 3.05) is 31.9 Å².